The van der Waals surface area contributed by atoms with Crippen LogP contribution in [-0.2, 0) is 14.3 Å². The molecule has 0 aliphatic heterocycles. The molecule has 0 bridgehead atoms. The minimum Gasteiger partial charge on any atom is -0.494 e. The van der Waals surface area contributed by atoms with E-state index < -0.39 is 23.9 Å². The van der Waals surface area contributed by atoms with Crippen LogP contribution in [0.1, 0.15) is 62.0 Å². The Hall–Kier alpha value is -6.56. The number of nitrogens with zero attached hydrogens (tertiary/aromatic N) is 2. The van der Waals surface area contributed by atoms with E-state index in [2.05, 4.69) is 16.8 Å². The van der Waals surface area contributed by atoms with Crippen molar-refractivity contribution in [2.45, 2.75) is 19.8 Å². The van der Waals surface area contributed by atoms with Gasteiger partial charge in [-0.05, 0) is 122 Å². The summed E-state index contributed by atoms with van der Waals surface area (Å²) in [6, 6.07) is 24.3. The van der Waals surface area contributed by atoms with Gasteiger partial charge in [-0.15, -0.1) is 0 Å². The molecular formula is C39H36N2O10. The van der Waals surface area contributed by atoms with Crippen molar-refractivity contribution in [1.29, 1.82) is 0 Å². The van der Waals surface area contributed by atoms with Crippen LogP contribution < -0.4 is 18.9 Å². The lowest BCUT2D eigenvalue weighted by molar-refractivity contribution is -0.137. The standard InChI is InChI=1S/C39H36N2O10/c1-4-36(42)49-23-7-6-22-48-32-19-13-29(14-20-32)37(43)50-33-15-8-27(9-16-33)25-40-41-26-28-10-21-35(34(24-28)39(45)46-3)51-38(44)30-11-17-31(18-12-30)47-5-2/h4,8-21,24-26H,1,5-7,22-23H2,2-3H3. The van der Waals surface area contributed by atoms with Crippen molar-refractivity contribution in [2.24, 2.45) is 10.2 Å². The first-order valence-corrected chi connectivity index (χ1v) is 15.9. The molecule has 4 aromatic rings. The first kappa shape index (κ1) is 37.3. The third-order valence-corrected chi connectivity index (χ3v) is 6.89. The van der Waals surface area contributed by atoms with Crippen LogP contribution in [0.25, 0.3) is 0 Å². The number of benzene rings is 4. The van der Waals surface area contributed by atoms with Gasteiger partial charge in [-0.25, -0.2) is 19.2 Å². The van der Waals surface area contributed by atoms with Crippen LogP contribution in [0.5, 0.6) is 23.0 Å². The van der Waals surface area contributed by atoms with Crippen LogP contribution in [0.4, 0.5) is 0 Å². The van der Waals surface area contributed by atoms with Gasteiger partial charge in [0.25, 0.3) is 0 Å². The van der Waals surface area contributed by atoms with Crippen molar-refractivity contribution >= 4 is 36.3 Å². The third kappa shape index (κ3) is 11.8. The Morgan fingerprint density at radius 2 is 1.20 bits per heavy atom. The Bertz CT molecular complexity index is 1870. The van der Waals surface area contributed by atoms with Crippen molar-refractivity contribution < 1.29 is 47.6 Å². The summed E-state index contributed by atoms with van der Waals surface area (Å²) in [6.45, 7) is 6.44. The molecule has 0 heterocycles. The largest absolute Gasteiger partial charge is 0.494 e. The minimum absolute atomic E-state index is 0.0298. The molecule has 12 heteroatoms. The number of carbonyl (C=O) groups is 4. The quantitative estimate of drug-likeness (QED) is 0.0294. The summed E-state index contributed by atoms with van der Waals surface area (Å²) in [4.78, 5) is 48.8. The Morgan fingerprint density at radius 1 is 0.647 bits per heavy atom. The van der Waals surface area contributed by atoms with E-state index in [-0.39, 0.29) is 16.9 Å². The summed E-state index contributed by atoms with van der Waals surface area (Å²) in [5.74, 6) is -0.722. The number of rotatable bonds is 17. The van der Waals surface area contributed by atoms with Gasteiger partial charge in [0.1, 0.15) is 28.6 Å². The van der Waals surface area contributed by atoms with Crippen molar-refractivity contribution in [2.75, 3.05) is 26.9 Å². The SMILES string of the molecule is C=CC(=O)OCCCCOc1ccc(C(=O)Oc2ccc(C=NN=Cc3ccc(OC(=O)c4ccc(OCC)cc4)c(C(=O)OC)c3)cc2)cc1. The summed E-state index contributed by atoms with van der Waals surface area (Å²) < 4.78 is 31.8. The molecule has 0 spiro atoms. The normalized spacial score (nSPS) is 10.8. The van der Waals surface area contributed by atoms with Gasteiger partial charge in [-0.2, -0.15) is 10.2 Å². The van der Waals surface area contributed by atoms with E-state index in [1.807, 2.05) is 6.92 Å². The third-order valence-electron chi connectivity index (χ3n) is 6.89. The molecule has 0 aliphatic carbocycles. The van der Waals surface area contributed by atoms with Crippen LogP contribution in [0.2, 0.25) is 0 Å². The van der Waals surface area contributed by atoms with Crippen LogP contribution in [-0.4, -0.2) is 63.2 Å². The monoisotopic (exact) mass is 692 g/mol. The molecule has 262 valence electrons. The number of methoxy groups -OCH3 is 1. The number of hydrogen-bond donors (Lipinski definition) is 0. The van der Waals surface area contributed by atoms with Crippen molar-refractivity contribution in [1.82, 2.24) is 0 Å². The maximum absolute atomic E-state index is 12.7. The van der Waals surface area contributed by atoms with E-state index in [1.165, 1.54) is 31.7 Å². The zero-order valence-corrected chi connectivity index (χ0v) is 28.1. The zero-order chi connectivity index (χ0) is 36.4. The number of unbranched alkanes of at least 4 members (excludes halogenated alkanes) is 1. The van der Waals surface area contributed by atoms with Gasteiger partial charge >= 0.3 is 23.9 Å². The molecule has 51 heavy (non-hydrogen) atoms. The fourth-order valence-corrected chi connectivity index (χ4v) is 4.30. The lowest BCUT2D eigenvalue weighted by Gasteiger charge is -2.10. The number of esters is 4. The maximum atomic E-state index is 12.7. The average molecular weight is 693 g/mol. The summed E-state index contributed by atoms with van der Waals surface area (Å²) >= 11 is 0. The van der Waals surface area contributed by atoms with E-state index in [1.54, 1.807) is 78.9 Å². The molecule has 4 aromatic carbocycles. The Labute approximate surface area is 294 Å². The second-order valence-electron chi connectivity index (χ2n) is 10.5. The molecule has 0 aliphatic rings. The van der Waals surface area contributed by atoms with Crippen LogP contribution in [0.15, 0.2) is 114 Å². The molecule has 4 rings (SSSR count). The van der Waals surface area contributed by atoms with Gasteiger partial charge in [0.2, 0.25) is 0 Å². The highest BCUT2D eigenvalue weighted by atomic mass is 16.5. The van der Waals surface area contributed by atoms with Gasteiger partial charge in [0, 0.05) is 6.08 Å². The molecule has 0 saturated heterocycles. The summed E-state index contributed by atoms with van der Waals surface area (Å²) in [7, 11) is 1.23. The average Bonchev–Trinajstić information content (AvgIpc) is 3.16. The first-order valence-electron chi connectivity index (χ1n) is 15.9. The van der Waals surface area contributed by atoms with Crippen LogP contribution in [0, 0.1) is 0 Å². The molecule has 0 fully saturated rings. The minimum atomic E-state index is -0.691. The Balaban J connectivity index is 1.27. The van der Waals surface area contributed by atoms with Gasteiger partial charge in [0.05, 0.1) is 50.5 Å². The molecule has 0 saturated carbocycles. The molecular weight excluding hydrogens is 656 g/mol. The van der Waals surface area contributed by atoms with Gasteiger partial charge in [0.15, 0.2) is 0 Å². The summed E-state index contributed by atoms with van der Waals surface area (Å²) in [5.41, 5.74) is 1.88. The van der Waals surface area contributed by atoms with Gasteiger partial charge in [-0.3, -0.25) is 0 Å². The number of ether oxygens (including phenoxy) is 6. The fraction of sp³-hybridized carbons (Fsp3) is 0.179. The Morgan fingerprint density at radius 3 is 1.80 bits per heavy atom. The molecule has 0 aromatic heterocycles. The predicted octanol–water partition coefficient (Wildman–Crippen LogP) is 6.65. The van der Waals surface area contributed by atoms with Crippen molar-refractivity contribution in [3.8, 4) is 23.0 Å². The van der Waals surface area contributed by atoms with E-state index in [0.29, 0.717) is 66.6 Å². The topological polar surface area (TPSA) is 148 Å². The van der Waals surface area contributed by atoms with Gasteiger partial charge in [-0.1, -0.05) is 6.58 Å². The van der Waals surface area contributed by atoms with Gasteiger partial charge < -0.3 is 28.4 Å². The van der Waals surface area contributed by atoms with Crippen molar-refractivity contribution in [3.05, 3.63) is 131 Å². The second kappa shape index (κ2) is 19.4. The molecule has 0 unspecified atom stereocenters. The van der Waals surface area contributed by atoms with Crippen LogP contribution >= 0.6 is 0 Å². The molecule has 0 N–H and O–H groups in total. The Kier molecular flexibility index (Phi) is 14.2. The number of hydrogen-bond acceptors (Lipinski definition) is 12. The molecule has 0 amide bonds. The lowest BCUT2D eigenvalue weighted by Crippen LogP contribution is -2.12. The molecule has 0 atom stereocenters. The number of carbonyl (C=O) groups excluding carboxylic acids is 4. The summed E-state index contributed by atoms with van der Waals surface area (Å²) in [6.07, 6.45) is 5.40. The first-order chi connectivity index (χ1) is 24.8. The second-order valence-corrected chi connectivity index (χ2v) is 10.5. The van der Waals surface area contributed by atoms with E-state index in [9.17, 15) is 19.2 Å². The van der Waals surface area contributed by atoms with E-state index in [4.69, 9.17) is 28.4 Å². The predicted molar refractivity (Wildman–Crippen MR) is 189 cm³/mol. The highest BCUT2D eigenvalue weighted by Gasteiger charge is 2.18. The highest BCUT2D eigenvalue weighted by molar-refractivity contribution is 5.98. The van der Waals surface area contributed by atoms with E-state index in [0.717, 1.165) is 6.08 Å². The van der Waals surface area contributed by atoms with Crippen LogP contribution in [0.3, 0.4) is 0 Å². The zero-order valence-electron chi connectivity index (χ0n) is 28.1. The smallest absolute Gasteiger partial charge is 0.343 e. The lowest BCUT2D eigenvalue weighted by atomic mass is 10.1. The summed E-state index contributed by atoms with van der Waals surface area (Å²) in [5, 5.41) is 8.08. The molecule has 0 radical (unpaired) electrons. The molecule has 12 nitrogen and oxygen atoms in total. The van der Waals surface area contributed by atoms with E-state index >= 15 is 0 Å². The fourth-order valence-electron chi connectivity index (χ4n) is 4.30. The maximum Gasteiger partial charge on any atom is 0.343 e. The highest BCUT2D eigenvalue weighted by Crippen LogP contribution is 2.23. The van der Waals surface area contributed by atoms with Crippen molar-refractivity contribution in [3.63, 3.8) is 0 Å².